The first-order valence-electron chi connectivity index (χ1n) is 48.0. The van der Waals surface area contributed by atoms with Gasteiger partial charge in [0.15, 0.2) is 0 Å². The van der Waals surface area contributed by atoms with E-state index in [9.17, 15) is 105 Å². The van der Waals surface area contributed by atoms with Gasteiger partial charge >= 0.3 is 49.4 Å². The lowest BCUT2D eigenvalue weighted by Gasteiger charge is -2.57. The molecule has 0 aliphatic rings. The molecule has 126 heavy (non-hydrogen) atoms. The van der Waals surface area contributed by atoms with E-state index in [1.165, 1.54) is 55.4 Å². The van der Waals surface area contributed by atoms with Crippen LogP contribution in [-0.2, 0) is 0 Å². The molecule has 0 aromatic rings. The summed E-state index contributed by atoms with van der Waals surface area (Å²) in [6.07, 6.45) is -26.0. The van der Waals surface area contributed by atoms with E-state index < -0.39 is 121 Å². The van der Waals surface area contributed by atoms with Gasteiger partial charge in [0.05, 0.1) is 43.3 Å². The normalized spacial score (nSPS) is 16.0. The van der Waals surface area contributed by atoms with Crippen LogP contribution in [0, 0.1) is 178 Å². The highest BCUT2D eigenvalue weighted by Crippen LogP contribution is 2.67. The topological polar surface area (TPSA) is 0 Å². The van der Waals surface area contributed by atoms with Crippen molar-refractivity contribution in [2.24, 2.45) is 178 Å². The molecule has 0 aliphatic heterocycles. The number of hydrogen-bond donors (Lipinski definition) is 0. The summed E-state index contributed by atoms with van der Waals surface area (Å²) in [5.41, 5.74) is -14.8. The van der Waals surface area contributed by atoms with Crippen LogP contribution in [-0.4, -0.2) is 49.4 Å². The highest BCUT2D eigenvalue weighted by molar-refractivity contribution is 5.06. The van der Waals surface area contributed by atoms with Crippen LogP contribution in [0.25, 0.3) is 0 Å². The van der Waals surface area contributed by atoms with E-state index in [0.29, 0.717) is 77.0 Å². The summed E-state index contributed by atoms with van der Waals surface area (Å²) in [6, 6.07) is 0. The Hall–Kier alpha value is -1.68. The van der Waals surface area contributed by atoms with E-state index in [1.807, 2.05) is 194 Å². The first-order chi connectivity index (χ1) is 55.5. The van der Waals surface area contributed by atoms with Crippen LogP contribution in [0.4, 0.5) is 105 Å². The van der Waals surface area contributed by atoms with E-state index in [2.05, 4.69) is 0 Å². The van der Waals surface area contributed by atoms with Gasteiger partial charge in [-0.1, -0.05) is 378 Å². The predicted molar refractivity (Wildman–Crippen MR) is 489 cm³/mol. The molecule has 0 aliphatic carbocycles. The zero-order valence-electron chi connectivity index (χ0n) is 89.3. The maximum atomic E-state index is 14.0. The van der Waals surface area contributed by atoms with Crippen LogP contribution >= 0.6 is 0 Å². The van der Waals surface area contributed by atoms with Crippen LogP contribution in [0.2, 0.25) is 0 Å². The molecule has 0 fully saturated rings. The van der Waals surface area contributed by atoms with Crippen LogP contribution in [0.15, 0.2) is 0 Å². The first-order valence-corrected chi connectivity index (χ1v) is 48.0. The molecule has 0 spiro atoms. The maximum absolute atomic E-state index is 14.0. The molecule has 0 nitrogen and oxygen atoms in total. The van der Waals surface area contributed by atoms with Crippen molar-refractivity contribution in [3.8, 4) is 0 Å². The predicted octanol–water partition coefficient (Wildman–Crippen LogP) is 41.6. The highest BCUT2D eigenvalue weighted by atomic mass is 19.4. The molecule has 0 saturated heterocycles. The second-order valence-corrected chi connectivity index (χ2v) is 43.7. The molecule has 0 rings (SSSR count). The Morgan fingerprint density at radius 3 is 0.429 bits per heavy atom. The standard InChI is InChI=1S/C17H33F3.C15H29F3.2C13H25F3.2C12H23F3.C11H21F3.C9H17F3/c1-10(2)14(11(3)4)16(9,17(18,19)20)15(12(5)6)13(7)8;1-8-12(5,9-2)14(7,15(16,17)18)13(6,10-3)11-4;1-8(2)11(9(3)4)12(7,10(5)6)13(14,15)16;1-6-10(7-2)12(5,13(14,15)16)11(8-3)9-4;1-7-10(5,8-2)11(6,9(3)4)12(13,14)15;1-7-11(6,12(13,14)15)10(8(2)3)9(4)5;1-6-9(7-2)10(5,8(3)4)11(12,13)14;1-6(2)8(5,7(3)4)9(10,11)12/h10-15H,1-9H3;8-11H2,1-7H3;8-11H,1-7H3;10-11H,6-9H2,1-5H3;9H,7-8H2,1-6H3;8-10H,7H2,1-6H3;8-9H,6-7H2,1-5H3;6-7H,1-5H3/t;;12-;;2*11-;10-;/m..0.000./s1. The van der Waals surface area contributed by atoms with Crippen molar-refractivity contribution in [3.63, 3.8) is 0 Å². The zero-order valence-corrected chi connectivity index (χ0v) is 89.3. The van der Waals surface area contributed by atoms with Crippen molar-refractivity contribution in [1.29, 1.82) is 0 Å². The Labute approximate surface area is 759 Å². The minimum Gasteiger partial charge on any atom is -0.171 e. The molecule has 0 heterocycles. The smallest absolute Gasteiger partial charge is 0.171 e. The molecule has 0 saturated carbocycles. The summed E-state index contributed by atoms with van der Waals surface area (Å²) in [4.78, 5) is 0. The lowest BCUT2D eigenvalue weighted by Crippen LogP contribution is -2.57. The van der Waals surface area contributed by atoms with Gasteiger partial charge in [-0.3, -0.25) is 0 Å². The van der Waals surface area contributed by atoms with Gasteiger partial charge in [0.1, 0.15) is 0 Å². The largest absolute Gasteiger partial charge is 0.395 e. The van der Waals surface area contributed by atoms with E-state index in [1.54, 1.807) is 96.9 Å². The van der Waals surface area contributed by atoms with Crippen molar-refractivity contribution in [2.45, 2.75) is 479 Å². The summed E-state index contributed by atoms with van der Waals surface area (Å²) in [7, 11) is 0. The summed E-state index contributed by atoms with van der Waals surface area (Å²) in [5.74, 6) is -3.88. The summed E-state index contributed by atoms with van der Waals surface area (Å²) >= 11 is 0. The van der Waals surface area contributed by atoms with Crippen LogP contribution in [0.3, 0.4) is 0 Å². The Bertz CT molecular complexity index is 2670. The van der Waals surface area contributed by atoms with Gasteiger partial charge in [0.25, 0.3) is 0 Å². The number of rotatable bonds is 36. The molecule has 0 unspecified atom stereocenters. The SMILES string of the molecule is CC(C)C(C(C)C)C(C)(C(C(C)C)C(C)C)C(F)(F)F.CC(C)C(C(C)C)[C@](C)(C(C)C)C(F)(F)F.CC(C)C(C)(C(C)C)C(F)(F)F.CCC(C)(CC)C(C)(C(F)(F)F)C(C)(CC)CC.CCC(C)(CC)[C@](C)(C(C)C)C(F)(F)F.CCC(CC)C(C)(C(CC)CC)C(F)(F)F.CCC(CC)[C@](C)(C(C)C)C(F)(F)F.CC[C@@](C)(C(C(C)C)C(C)C)C(F)(F)F. The summed E-state index contributed by atoms with van der Waals surface area (Å²) in [5, 5.41) is 0. The number of hydrogen-bond acceptors (Lipinski definition) is 0. The third-order valence-electron chi connectivity index (χ3n) is 34.0. The minimum atomic E-state index is -4.18. The molecule has 0 N–H and O–H groups in total. The Morgan fingerprint density at radius 1 is 0.167 bits per heavy atom. The highest BCUT2D eigenvalue weighted by Gasteiger charge is 2.69. The second-order valence-electron chi connectivity index (χ2n) is 43.7. The molecular weight excluding hydrogens is 1680 g/mol. The summed E-state index contributed by atoms with van der Waals surface area (Å²) in [6.45, 7) is 87.2. The molecule has 0 radical (unpaired) electrons. The van der Waals surface area contributed by atoms with Gasteiger partial charge in [-0.2, -0.15) is 105 Å². The quantitative estimate of drug-likeness (QED) is 0.0549. The average Bonchev–Trinajstić information content (AvgIpc) is 0.724. The molecular formula is C102H196F24. The molecule has 0 aromatic carbocycles. The number of alkyl halides is 24. The van der Waals surface area contributed by atoms with E-state index in [-0.39, 0.29) is 113 Å². The third kappa shape index (κ3) is 32.8. The fourth-order valence-electron chi connectivity index (χ4n) is 23.1. The van der Waals surface area contributed by atoms with Crippen molar-refractivity contribution in [3.05, 3.63) is 0 Å². The average molecular weight is 1880 g/mol. The first kappa shape index (κ1) is 140. The maximum Gasteiger partial charge on any atom is 0.395 e. The number of halogens is 24. The van der Waals surface area contributed by atoms with Crippen molar-refractivity contribution in [2.75, 3.05) is 0 Å². The van der Waals surface area contributed by atoms with Crippen LogP contribution in [0.1, 0.15) is 430 Å². The van der Waals surface area contributed by atoms with E-state index in [0.717, 1.165) is 0 Å². The Balaban J connectivity index is -0.000000211. The molecule has 0 amide bonds. The fraction of sp³-hybridized carbons (Fsp3) is 1.00. The monoisotopic (exact) mass is 1880 g/mol. The zero-order chi connectivity index (χ0) is 104. The van der Waals surface area contributed by atoms with Crippen molar-refractivity contribution >= 4 is 0 Å². The van der Waals surface area contributed by atoms with Gasteiger partial charge in [-0.25, -0.2) is 0 Å². The molecule has 4 atom stereocenters. The van der Waals surface area contributed by atoms with E-state index >= 15 is 0 Å². The molecule has 0 aromatic heterocycles. The Morgan fingerprint density at radius 2 is 0.349 bits per heavy atom. The fourth-order valence-corrected chi connectivity index (χ4v) is 23.1. The van der Waals surface area contributed by atoms with Gasteiger partial charge in [-0.05, 0) is 186 Å². The van der Waals surface area contributed by atoms with Crippen LogP contribution < -0.4 is 0 Å². The van der Waals surface area contributed by atoms with Gasteiger partial charge in [-0.15, -0.1) is 0 Å². The van der Waals surface area contributed by atoms with Crippen LogP contribution in [0.5, 0.6) is 0 Å². The third-order valence-corrected chi connectivity index (χ3v) is 34.0. The second kappa shape index (κ2) is 53.7. The molecule has 0 bridgehead atoms. The van der Waals surface area contributed by atoms with E-state index in [4.69, 9.17) is 0 Å². The summed E-state index contributed by atoms with van der Waals surface area (Å²) < 4.78 is 319. The van der Waals surface area contributed by atoms with Crippen molar-refractivity contribution < 1.29 is 105 Å². The molecule has 24 heteroatoms. The minimum absolute atomic E-state index is 0.0154. The van der Waals surface area contributed by atoms with Gasteiger partial charge in [0.2, 0.25) is 0 Å². The van der Waals surface area contributed by atoms with Crippen molar-refractivity contribution in [1.82, 2.24) is 0 Å². The Kier molecular flexibility index (Phi) is 59.6. The lowest BCUT2D eigenvalue weighted by molar-refractivity contribution is -0.301. The molecule has 772 valence electrons. The van der Waals surface area contributed by atoms with Gasteiger partial charge < -0.3 is 0 Å². The van der Waals surface area contributed by atoms with Gasteiger partial charge in [0, 0.05) is 0 Å². The lowest BCUT2D eigenvalue weighted by atomic mass is 9.49.